The van der Waals surface area contributed by atoms with Crippen LogP contribution < -0.4 is 19.5 Å². The van der Waals surface area contributed by atoms with E-state index in [0.717, 1.165) is 17.5 Å². The zero-order chi connectivity index (χ0) is 23.6. The largest absolute Gasteiger partial charge is 0.493 e. The smallest absolute Gasteiger partial charge is 0.255 e. The van der Waals surface area contributed by atoms with E-state index in [-0.39, 0.29) is 12.5 Å². The highest BCUT2D eigenvalue weighted by Crippen LogP contribution is 2.36. The van der Waals surface area contributed by atoms with Gasteiger partial charge in [0.25, 0.3) is 5.91 Å². The first-order chi connectivity index (χ1) is 16.0. The molecule has 0 spiro atoms. The average Bonchev–Trinajstić information content (AvgIpc) is 2.83. The van der Waals surface area contributed by atoms with Crippen LogP contribution in [-0.4, -0.2) is 19.6 Å². The Balaban J connectivity index is 1.73. The molecule has 0 unspecified atom stereocenters. The SMILES string of the molecule is CCCOc1c(Cl)cc(C(=O)Nc2ccccc2COc2ccc(CC#N)cc2)cc1OC. The molecule has 0 aromatic heterocycles. The molecule has 33 heavy (non-hydrogen) atoms. The maximum atomic E-state index is 13.0. The van der Waals surface area contributed by atoms with E-state index in [1.807, 2.05) is 55.5 Å². The number of halogens is 1. The first-order valence-corrected chi connectivity index (χ1v) is 10.9. The van der Waals surface area contributed by atoms with Crippen LogP contribution in [0.15, 0.2) is 60.7 Å². The van der Waals surface area contributed by atoms with Crippen LogP contribution in [0.1, 0.15) is 34.8 Å². The third kappa shape index (κ3) is 6.41. The Hall–Kier alpha value is -3.69. The summed E-state index contributed by atoms with van der Waals surface area (Å²) in [5.41, 5.74) is 2.72. The standard InChI is InChI=1S/C26H25ClN2O4/c1-3-14-32-25-22(27)15-20(16-24(25)31-2)26(30)29-23-7-5-4-6-19(23)17-33-21-10-8-18(9-11-21)12-13-28/h4-11,15-16H,3,12,14,17H2,1-2H3,(H,29,30). The predicted molar refractivity (Wildman–Crippen MR) is 128 cm³/mol. The summed E-state index contributed by atoms with van der Waals surface area (Å²) in [4.78, 5) is 13.0. The Labute approximate surface area is 198 Å². The minimum Gasteiger partial charge on any atom is -0.493 e. The summed E-state index contributed by atoms with van der Waals surface area (Å²) in [6.45, 7) is 2.76. The summed E-state index contributed by atoms with van der Waals surface area (Å²) in [7, 11) is 1.51. The van der Waals surface area contributed by atoms with Gasteiger partial charge in [0.1, 0.15) is 12.4 Å². The van der Waals surface area contributed by atoms with Crippen molar-refractivity contribution >= 4 is 23.2 Å². The number of nitrogens with one attached hydrogen (secondary N) is 1. The van der Waals surface area contributed by atoms with E-state index < -0.39 is 0 Å². The summed E-state index contributed by atoms with van der Waals surface area (Å²) in [6, 6.07) is 20.1. The van der Waals surface area contributed by atoms with Crippen molar-refractivity contribution in [1.29, 1.82) is 5.26 Å². The second-order valence-electron chi connectivity index (χ2n) is 7.22. The molecular formula is C26H25ClN2O4. The summed E-state index contributed by atoms with van der Waals surface area (Å²) in [6.07, 6.45) is 1.18. The first kappa shape index (κ1) is 24.0. The number of benzene rings is 3. The first-order valence-electron chi connectivity index (χ1n) is 10.5. The van der Waals surface area contributed by atoms with Crippen LogP contribution >= 0.6 is 11.6 Å². The predicted octanol–water partition coefficient (Wildman–Crippen LogP) is 6.03. The fourth-order valence-electron chi connectivity index (χ4n) is 3.11. The molecular weight excluding hydrogens is 440 g/mol. The fraction of sp³-hybridized carbons (Fsp3) is 0.231. The zero-order valence-electron chi connectivity index (χ0n) is 18.6. The number of nitriles is 1. The van der Waals surface area contributed by atoms with Gasteiger partial charge in [0.05, 0.1) is 31.2 Å². The summed E-state index contributed by atoms with van der Waals surface area (Å²) < 4.78 is 16.9. The summed E-state index contributed by atoms with van der Waals surface area (Å²) >= 11 is 6.35. The van der Waals surface area contributed by atoms with E-state index in [0.29, 0.717) is 46.5 Å². The second kappa shape index (κ2) is 11.8. The molecule has 6 nitrogen and oxygen atoms in total. The van der Waals surface area contributed by atoms with Crippen molar-refractivity contribution in [2.45, 2.75) is 26.4 Å². The fourth-order valence-corrected chi connectivity index (χ4v) is 3.38. The van der Waals surface area contributed by atoms with Gasteiger partial charge in [0.15, 0.2) is 11.5 Å². The van der Waals surface area contributed by atoms with E-state index in [2.05, 4.69) is 11.4 Å². The van der Waals surface area contributed by atoms with E-state index in [9.17, 15) is 4.79 Å². The third-order valence-electron chi connectivity index (χ3n) is 4.81. The molecule has 0 aliphatic carbocycles. The van der Waals surface area contributed by atoms with Gasteiger partial charge in [-0.2, -0.15) is 5.26 Å². The molecule has 3 rings (SSSR count). The van der Waals surface area contributed by atoms with Gasteiger partial charge in [0, 0.05) is 16.8 Å². The molecule has 1 amide bonds. The third-order valence-corrected chi connectivity index (χ3v) is 5.09. The topological polar surface area (TPSA) is 80.6 Å². The maximum Gasteiger partial charge on any atom is 0.255 e. The van der Waals surface area contributed by atoms with Gasteiger partial charge in [-0.3, -0.25) is 4.79 Å². The highest BCUT2D eigenvalue weighted by atomic mass is 35.5. The highest BCUT2D eigenvalue weighted by Gasteiger charge is 2.17. The number of anilines is 1. The Morgan fingerprint density at radius 1 is 1.09 bits per heavy atom. The number of rotatable bonds is 10. The number of hydrogen-bond acceptors (Lipinski definition) is 5. The van der Waals surface area contributed by atoms with Gasteiger partial charge >= 0.3 is 0 Å². The van der Waals surface area contributed by atoms with Crippen LogP contribution in [0.3, 0.4) is 0 Å². The van der Waals surface area contributed by atoms with Gasteiger partial charge in [-0.15, -0.1) is 0 Å². The molecule has 1 N–H and O–H groups in total. The molecule has 7 heteroatoms. The van der Waals surface area contributed by atoms with Crippen molar-refractivity contribution in [3.05, 3.63) is 82.4 Å². The number of carbonyl (C=O) groups excluding carboxylic acids is 1. The molecule has 0 fully saturated rings. The monoisotopic (exact) mass is 464 g/mol. The van der Waals surface area contributed by atoms with Crippen molar-refractivity contribution in [2.24, 2.45) is 0 Å². The Kier molecular flexibility index (Phi) is 8.56. The Bertz CT molecular complexity index is 1140. The molecule has 0 atom stereocenters. The number of nitrogens with zero attached hydrogens (tertiary/aromatic N) is 1. The quantitative estimate of drug-likeness (QED) is 0.396. The van der Waals surface area contributed by atoms with Crippen molar-refractivity contribution < 1.29 is 19.0 Å². The zero-order valence-corrected chi connectivity index (χ0v) is 19.3. The van der Waals surface area contributed by atoms with E-state index in [1.165, 1.54) is 7.11 Å². The lowest BCUT2D eigenvalue weighted by atomic mass is 10.1. The minimum atomic E-state index is -0.328. The lowest BCUT2D eigenvalue weighted by Crippen LogP contribution is -2.14. The molecule has 0 bridgehead atoms. The Morgan fingerprint density at radius 2 is 1.85 bits per heavy atom. The van der Waals surface area contributed by atoms with Gasteiger partial charge in [-0.1, -0.05) is 48.9 Å². The van der Waals surface area contributed by atoms with Gasteiger partial charge in [-0.05, 0) is 42.3 Å². The average molecular weight is 465 g/mol. The van der Waals surface area contributed by atoms with Gasteiger partial charge < -0.3 is 19.5 Å². The van der Waals surface area contributed by atoms with Crippen LogP contribution in [0, 0.1) is 11.3 Å². The maximum absolute atomic E-state index is 13.0. The molecule has 3 aromatic carbocycles. The van der Waals surface area contributed by atoms with Crippen LogP contribution in [0.4, 0.5) is 5.69 Å². The molecule has 0 heterocycles. The summed E-state index contributed by atoms with van der Waals surface area (Å²) in [5, 5.41) is 12.0. The molecule has 0 saturated carbocycles. The number of amides is 1. The van der Waals surface area contributed by atoms with Crippen LogP contribution in [-0.2, 0) is 13.0 Å². The summed E-state index contributed by atoms with van der Waals surface area (Å²) in [5.74, 6) is 1.17. The van der Waals surface area contributed by atoms with Crippen LogP contribution in [0.2, 0.25) is 5.02 Å². The Morgan fingerprint density at radius 3 is 2.55 bits per heavy atom. The van der Waals surface area contributed by atoms with Crippen molar-refractivity contribution in [2.75, 3.05) is 19.0 Å². The normalized spacial score (nSPS) is 10.2. The number of para-hydroxylation sites is 1. The lowest BCUT2D eigenvalue weighted by molar-refractivity contribution is 0.102. The van der Waals surface area contributed by atoms with E-state index >= 15 is 0 Å². The number of ether oxygens (including phenoxy) is 3. The number of hydrogen-bond donors (Lipinski definition) is 1. The van der Waals surface area contributed by atoms with Gasteiger partial charge in [0.2, 0.25) is 0 Å². The second-order valence-corrected chi connectivity index (χ2v) is 7.62. The van der Waals surface area contributed by atoms with E-state index in [1.54, 1.807) is 12.1 Å². The number of methoxy groups -OCH3 is 1. The van der Waals surface area contributed by atoms with Crippen LogP contribution in [0.5, 0.6) is 17.2 Å². The van der Waals surface area contributed by atoms with Gasteiger partial charge in [-0.25, -0.2) is 0 Å². The molecule has 3 aromatic rings. The molecule has 170 valence electrons. The van der Waals surface area contributed by atoms with Crippen molar-refractivity contribution in [3.63, 3.8) is 0 Å². The molecule has 0 saturated heterocycles. The molecule has 0 aliphatic heterocycles. The number of carbonyl (C=O) groups is 1. The van der Waals surface area contributed by atoms with Crippen LogP contribution in [0.25, 0.3) is 0 Å². The minimum absolute atomic E-state index is 0.266. The molecule has 0 aliphatic rings. The highest BCUT2D eigenvalue weighted by molar-refractivity contribution is 6.32. The lowest BCUT2D eigenvalue weighted by Gasteiger charge is -2.15. The van der Waals surface area contributed by atoms with Crippen molar-refractivity contribution in [1.82, 2.24) is 0 Å². The van der Waals surface area contributed by atoms with Crippen molar-refractivity contribution in [3.8, 4) is 23.3 Å². The van der Waals surface area contributed by atoms with E-state index in [4.69, 9.17) is 31.1 Å². The molecule has 0 radical (unpaired) electrons.